The van der Waals surface area contributed by atoms with Gasteiger partial charge in [0.05, 0.1) is 11.5 Å². The van der Waals surface area contributed by atoms with Gasteiger partial charge in [-0.15, -0.1) is 5.10 Å². The fourth-order valence-electron chi connectivity index (χ4n) is 2.02. The number of halogens is 2. The third-order valence-corrected chi connectivity index (χ3v) is 3.54. The van der Waals surface area contributed by atoms with Gasteiger partial charge in [0.25, 0.3) is 5.91 Å². The Bertz CT molecular complexity index is 935. The quantitative estimate of drug-likeness (QED) is 0.525. The van der Waals surface area contributed by atoms with E-state index < -0.39 is 22.3 Å². The lowest BCUT2D eigenvalue weighted by molar-refractivity contribution is -0.385. The molecule has 10 nitrogen and oxygen atoms in total. The van der Waals surface area contributed by atoms with Gasteiger partial charge in [0.15, 0.2) is 0 Å². The molecule has 2 heterocycles. The zero-order chi connectivity index (χ0) is 18.0. The SMILES string of the molecule is O=C(Nc1ncn(Cc2c(F)cccc2Cl)n1)c1[nH]ncc1[N+](=O)[O-]. The maximum absolute atomic E-state index is 13.8. The molecule has 1 amide bonds. The summed E-state index contributed by atoms with van der Waals surface area (Å²) >= 11 is 5.94. The van der Waals surface area contributed by atoms with Crippen LogP contribution >= 0.6 is 11.6 Å². The summed E-state index contributed by atoms with van der Waals surface area (Å²) in [5.41, 5.74) is -0.593. The Morgan fingerprint density at radius 1 is 1.48 bits per heavy atom. The molecule has 3 aromatic rings. The fourth-order valence-corrected chi connectivity index (χ4v) is 2.25. The second kappa shape index (κ2) is 6.65. The number of carbonyl (C=O) groups excluding carboxylic acids is 1. The van der Waals surface area contributed by atoms with Crippen LogP contribution < -0.4 is 5.32 Å². The van der Waals surface area contributed by atoms with Gasteiger partial charge in [-0.1, -0.05) is 17.7 Å². The zero-order valence-corrected chi connectivity index (χ0v) is 13.1. The average Bonchev–Trinajstić information content (AvgIpc) is 3.20. The van der Waals surface area contributed by atoms with Gasteiger partial charge in [0.2, 0.25) is 11.6 Å². The molecule has 0 bridgehead atoms. The molecular formula is C13H9ClFN7O3. The number of nitrogens with zero attached hydrogens (tertiary/aromatic N) is 5. The number of nitro groups is 1. The Morgan fingerprint density at radius 3 is 3.00 bits per heavy atom. The standard InChI is InChI=1S/C13H9ClFN7O3/c14-8-2-1-3-9(15)7(8)5-21-6-16-13(20-21)18-12(23)11-10(22(24)25)4-17-19-11/h1-4,6H,5H2,(H,17,19)(H,18,20,23). The van der Waals surface area contributed by atoms with Gasteiger partial charge in [-0.25, -0.2) is 14.1 Å². The smallest absolute Gasteiger partial charge is 0.288 e. The van der Waals surface area contributed by atoms with Crippen molar-refractivity contribution in [3.63, 3.8) is 0 Å². The van der Waals surface area contributed by atoms with Crippen LogP contribution in [0.25, 0.3) is 0 Å². The van der Waals surface area contributed by atoms with Gasteiger partial charge in [-0.2, -0.15) is 5.10 Å². The molecule has 0 radical (unpaired) electrons. The van der Waals surface area contributed by atoms with E-state index in [1.165, 1.54) is 29.2 Å². The first-order chi connectivity index (χ1) is 12.0. The first-order valence-corrected chi connectivity index (χ1v) is 7.15. The van der Waals surface area contributed by atoms with E-state index in [9.17, 15) is 19.3 Å². The predicted octanol–water partition coefficient (Wildman–Crippen LogP) is 2.00. The van der Waals surface area contributed by atoms with Crippen LogP contribution in [0.5, 0.6) is 0 Å². The first kappa shape index (κ1) is 16.5. The van der Waals surface area contributed by atoms with Crippen LogP contribution in [-0.2, 0) is 6.54 Å². The van der Waals surface area contributed by atoms with Crippen LogP contribution in [0, 0.1) is 15.9 Å². The number of hydrogen-bond donors (Lipinski definition) is 2. The van der Waals surface area contributed by atoms with Crippen LogP contribution in [0.2, 0.25) is 5.02 Å². The Kier molecular flexibility index (Phi) is 4.39. The van der Waals surface area contributed by atoms with E-state index in [-0.39, 0.29) is 28.8 Å². The molecule has 25 heavy (non-hydrogen) atoms. The second-order valence-corrected chi connectivity index (χ2v) is 5.21. The summed E-state index contributed by atoms with van der Waals surface area (Å²) in [6, 6.07) is 4.28. The Balaban J connectivity index is 1.75. The summed E-state index contributed by atoms with van der Waals surface area (Å²) in [6.07, 6.45) is 2.18. The van der Waals surface area contributed by atoms with E-state index in [0.29, 0.717) is 0 Å². The third kappa shape index (κ3) is 3.45. The van der Waals surface area contributed by atoms with Crippen LogP contribution in [0.1, 0.15) is 16.1 Å². The summed E-state index contributed by atoms with van der Waals surface area (Å²) in [7, 11) is 0. The van der Waals surface area contributed by atoms with Gasteiger partial charge in [0, 0.05) is 10.6 Å². The number of aromatic nitrogens is 5. The van der Waals surface area contributed by atoms with Crippen molar-refractivity contribution in [3.05, 3.63) is 62.9 Å². The zero-order valence-electron chi connectivity index (χ0n) is 12.3. The normalized spacial score (nSPS) is 10.6. The van der Waals surface area contributed by atoms with Gasteiger partial charge < -0.3 is 0 Å². The minimum Gasteiger partial charge on any atom is -0.288 e. The second-order valence-electron chi connectivity index (χ2n) is 4.81. The Hall–Kier alpha value is -3.34. The molecule has 0 saturated heterocycles. The van der Waals surface area contributed by atoms with E-state index in [0.717, 1.165) is 6.20 Å². The van der Waals surface area contributed by atoms with Crippen molar-refractivity contribution in [1.29, 1.82) is 0 Å². The summed E-state index contributed by atoms with van der Waals surface area (Å²) in [5, 5.41) is 23.0. The lowest BCUT2D eigenvalue weighted by atomic mass is 10.2. The van der Waals surface area contributed by atoms with Crippen LogP contribution in [-0.4, -0.2) is 35.8 Å². The highest BCUT2D eigenvalue weighted by Crippen LogP contribution is 2.20. The van der Waals surface area contributed by atoms with Crippen molar-refractivity contribution in [2.75, 3.05) is 5.32 Å². The van der Waals surface area contributed by atoms with Crippen molar-refractivity contribution in [2.24, 2.45) is 0 Å². The maximum Gasteiger partial charge on any atom is 0.319 e. The fraction of sp³-hybridized carbons (Fsp3) is 0.0769. The number of H-pyrrole nitrogens is 1. The maximum atomic E-state index is 13.8. The highest BCUT2D eigenvalue weighted by Gasteiger charge is 2.23. The predicted molar refractivity (Wildman–Crippen MR) is 83.7 cm³/mol. The summed E-state index contributed by atoms with van der Waals surface area (Å²) in [4.78, 5) is 25.9. The topological polar surface area (TPSA) is 132 Å². The number of rotatable bonds is 5. The monoisotopic (exact) mass is 365 g/mol. The molecule has 1 aromatic carbocycles. The third-order valence-electron chi connectivity index (χ3n) is 3.19. The molecule has 128 valence electrons. The molecule has 3 rings (SSSR count). The van der Waals surface area contributed by atoms with Gasteiger partial charge >= 0.3 is 5.69 Å². The Labute approximate surface area is 143 Å². The van der Waals surface area contributed by atoms with Crippen molar-refractivity contribution in [1.82, 2.24) is 25.0 Å². The molecule has 2 aromatic heterocycles. The number of anilines is 1. The molecule has 12 heteroatoms. The van der Waals surface area contributed by atoms with E-state index in [2.05, 4.69) is 25.6 Å². The van der Waals surface area contributed by atoms with E-state index in [4.69, 9.17) is 11.6 Å². The largest absolute Gasteiger partial charge is 0.319 e. The van der Waals surface area contributed by atoms with Crippen molar-refractivity contribution in [3.8, 4) is 0 Å². The molecule has 0 aliphatic carbocycles. The molecule has 2 N–H and O–H groups in total. The first-order valence-electron chi connectivity index (χ1n) is 6.77. The summed E-state index contributed by atoms with van der Waals surface area (Å²) in [5.74, 6) is -1.44. The lowest BCUT2D eigenvalue weighted by Crippen LogP contribution is -2.15. The number of aromatic amines is 1. The minimum atomic E-state index is -0.828. The minimum absolute atomic E-state index is 0.00141. The number of carbonyl (C=O) groups is 1. The van der Waals surface area contributed by atoms with E-state index in [1.807, 2.05) is 0 Å². The van der Waals surface area contributed by atoms with Crippen LogP contribution in [0.3, 0.4) is 0 Å². The van der Waals surface area contributed by atoms with Crippen molar-refractivity contribution < 1.29 is 14.1 Å². The van der Waals surface area contributed by atoms with E-state index >= 15 is 0 Å². The number of benzene rings is 1. The van der Waals surface area contributed by atoms with Crippen LogP contribution in [0.15, 0.2) is 30.7 Å². The molecule has 0 unspecified atom stereocenters. The van der Waals surface area contributed by atoms with Gasteiger partial charge in [0.1, 0.15) is 18.3 Å². The molecule has 0 atom stereocenters. The summed E-state index contributed by atoms with van der Waals surface area (Å²) < 4.78 is 15.0. The molecule has 0 aliphatic rings. The van der Waals surface area contributed by atoms with Crippen LogP contribution in [0.4, 0.5) is 16.0 Å². The van der Waals surface area contributed by atoms with Crippen molar-refractivity contribution >= 4 is 29.1 Å². The molecule has 0 spiro atoms. The lowest BCUT2D eigenvalue weighted by Gasteiger charge is -2.05. The van der Waals surface area contributed by atoms with Gasteiger partial charge in [-0.3, -0.25) is 25.3 Å². The highest BCUT2D eigenvalue weighted by atomic mass is 35.5. The Morgan fingerprint density at radius 2 is 2.28 bits per heavy atom. The number of hydrogen-bond acceptors (Lipinski definition) is 6. The van der Waals surface area contributed by atoms with Gasteiger partial charge in [-0.05, 0) is 12.1 Å². The number of amides is 1. The summed E-state index contributed by atoms with van der Waals surface area (Å²) in [6.45, 7) is -0.00141. The van der Waals surface area contributed by atoms with E-state index in [1.54, 1.807) is 0 Å². The average molecular weight is 366 g/mol. The molecule has 0 aliphatic heterocycles. The molecular weight excluding hydrogens is 357 g/mol. The molecule has 0 fully saturated rings. The number of nitrogens with one attached hydrogen (secondary N) is 2. The van der Waals surface area contributed by atoms with Crippen molar-refractivity contribution in [2.45, 2.75) is 6.54 Å². The molecule has 0 saturated carbocycles. The highest BCUT2D eigenvalue weighted by molar-refractivity contribution is 6.31.